The van der Waals surface area contributed by atoms with Crippen molar-refractivity contribution in [3.05, 3.63) is 92.9 Å². The summed E-state index contributed by atoms with van der Waals surface area (Å²) in [6, 6.07) is 13.6. The zero-order valence-corrected chi connectivity index (χ0v) is 19.5. The normalized spacial score (nSPS) is 13.8. The van der Waals surface area contributed by atoms with Gasteiger partial charge in [-0.1, -0.05) is 35.4 Å². The first-order valence-corrected chi connectivity index (χ1v) is 11.1. The van der Waals surface area contributed by atoms with Crippen LogP contribution in [0.2, 0.25) is 5.02 Å². The van der Waals surface area contributed by atoms with Gasteiger partial charge < -0.3 is 4.42 Å². The van der Waals surface area contributed by atoms with E-state index in [1.807, 2.05) is 19.1 Å². The van der Waals surface area contributed by atoms with Gasteiger partial charge in [0.2, 0.25) is 0 Å². The van der Waals surface area contributed by atoms with E-state index in [9.17, 15) is 14.4 Å². The standard InChI is InChI=1S/C25H23ClN4O4/c1-14-6-3-7-16(12-14)23(31)28-27-19-10-5-11-20-21(19)15(2)22(34-20)25(33)30-29-24(32)17-8-4-9-18(26)13-17/h3-4,6-9,12-13H,5,10-11H2,1-2H3,(H,28,31)(H,29,32)(H,30,33)/b27-19+. The maximum absolute atomic E-state index is 12.7. The fraction of sp³-hybridized carbons (Fsp3) is 0.200. The summed E-state index contributed by atoms with van der Waals surface area (Å²) >= 11 is 5.91. The maximum Gasteiger partial charge on any atom is 0.305 e. The molecule has 9 heteroatoms. The Morgan fingerprint density at radius 2 is 1.62 bits per heavy atom. The number of amides is 3. The first kappa shape index (κ1) is 23.3. The van der Waals surface area contributed by atoms with E-state index in [0.29, 0.717) is 51.6 Å². The first-order valence-electron chi connectivity index (χ1n) is 10.8. The van der Waals surface area contributed by atoms with Gasteiger partial charge in [0.25, 0.3) is 11.8 Å². The highest BCUT2D eigenvalue weighted by Gasteiger charge is 2.28. The van der Waals surface area contributed by atoms with Crippen molar-refractivity contribution in [3.8, 4) is 0 Å². The summed E-state index contributed by atoms with van der Waals surface area (Å²) < 4.78 is 5.82. The zero-order chi connectivity index (χ0) is 24.2. The predicted molar refractivity (Wildman–Crippen MR) is 128 cm³/mol. The van der Waals surface area contributed by atoms with Gasteiger partial charge in [-0.05, 0) is 57.0 Å². The number of hydrogen-bond donors (Lipinski definition) is 3. The first-order chi connectivity index (χ1) is 16.3. The molecule has 3 amide bonds. The Labute approximate surface area is 201 Å². The number of benzene rings is 2. The highest BCUT2D eigenvalue weighted by Crippen LogP contribution is 2.29. The molecule has 0 fully saturated rings. The second-order valence-electron chi connectivity index (χ2n) is 8.00. The van der Waals surface area contributed by atoms with Crippen LogP contribution >= 0.6 is 11.6 Å². The Balaban J connectivity index is 1.48. The highest BCUT2D eigenvalue weighted by molar-refractivity contribution is 6.31. The summed E-state index contributed by atoms with van der Waals surface area (Å²) in [5.41, 5.74) is 11.1. The van der Waals surface area contributed by atoms with E-state index < -0.39 is 11.8 Å². The lowest BCUT2D eigenvalue weighted by atomic mass is 9.93. The predicted octanol–water partition coefficient (Wildman–Crippen LogP) is 4.10. The van der Waals surface area contributed by atoms with Gasteiger partial charge in [-0.3, -0.25) is 25.2 Å². The minimum atomic E-state index is -0.592. The van der Waals surface area contributed by atoms with Crippen LogP contribution in [0.4, 0.5) is 0 Å². The number of rotatable bonds is 4. The lowest BCUT2D eigenvalue weighted by Gasteiger charge is -2.13. The van der Waals surface area contributed by atoms with Crippen LogP contribution in [-0.2, 0) is 6.42 Å². The van der Waals surface area contributed by atoms with E-state index in [4.69, 9.17) is 16.0 Å². The Hall–Kier alpha value is -3.91. The van der Waals surface area contributed by atoms with E-state index in [-0.39, 0.29) is 11.7 Å². The van der Waals surface area contributed by atoms with Gasteiger partial charge in [0.15, 0.2) is 5.76 Å². The van der Waals surface area contributed by atoms with Crippen LogP contribution in [0.15, 0.2) is 58.0 Å². The summed E-state index contributed by atoms with van der Waals surface area (Å²) in [5, 5.41) is 4.74. The fourth-order valence-electron chi connectivity index (χ4n) is 3.84. The molecular weight excluding hydrogens is 456 g/mol. The number of aryl methyl sites for hydroxylation is 2. The molecule has 1 aliphatic rings. The number of carbonyl (C=O) groups excluding carboxylic acids is 3. The van der Waals surface area contributed by atoms with Crippen molar-refractivity contribution in [2.75, 3.05) is 0 Å². The Morgan fingerprint density at radius 3 is 2.35 bits per heavy atom. The third-order valence-corrected chi connectivity index (χ3v) is 5.72. The van der Waals surface area contributed by atoms with Gasteiger partial charge in [-0.25, -0.2) is 5.43 Å². The number of fused-ring (bicyclic) bond motifs is 1. The summed E-state index contributed by atoms with van der Waals surface area (Å²) in [5.74, 6) is -0.711. The van der Waals surface area contributed by atoms with Crippen LogP contribution in [-0.4, -0.2) is 23.4 Å². The third kappa shape index (κ3) is 5.02. The van der Waals surface area contributed by atoms with Crippen molar-refractivity contribution < 1.29 is 18.8 Å². The molecule has 3 aromatic rings. The minimum absolute atomic E-state index is 0.0796. The van der Waals surface area contributed by atoms with Gasteiger partial charge in [0.1, 0.15) is 5.76 Å². The average molecular weight is 479 g/mol. The lowest BCUT2D eigenvalue weighted by Crippen LogP contribution is -2.41. The number of hydrazine groups is 1. The van der Waals surface area contributed by atoms with Gasteiger partial charge in [-0.15, -0.1) is 0 Å². The number of nitrogens with one attached hydrogen (secondary N) is 3. The molecule has 1 aromatic heterocycles. The number of carbonyl (C=O) groups is 3. The Morgan fingerprint density at radius 1 is 0.912 bits per heavy atom. The van der Waals surface area contributed by atoms with Crippen LogP contribution in [0.3, 0.4) is 0 Å². The van der Waals surface area contributed by atoms with E-state index in [1.54, 1.807) is 37.3 Å². The quantitative estimate of drug-likeness (QED) is 0.490. The van der Waals surface area contributed by atoms with E-state index in [2.05, 4.69) is 21.4 Å². The third-order valence-electron chi connectivity index (χ3n) is 5.48. The fourth-order valence-corrected chi connectivity index (χ4v) is 4.03. The smallest absolute Gasteiger partial charge is 0.305 e. The summed E-state index contributed by atoms with van der Waals surface area (Å²) in [6.07, 6.45) is 2.04. The monoisotopic (exact) mass is 478 g/mol. The number of hydrogen-bond acceptors (Lipinski definition) is 5. The summed E-state index contributed by atoms with van der Waals surface area (Å²) in [6.45, 7) is 3.66. The van der Waals surface area contributed by atoms with Crippen LogP contribution in [0.5, 0.6) is 0 Å². The number of halogens is 1. The van der Waals surface area contributed by atoms with Crippen molar-refractivity contribution in [2.24, 2.45) is 5.10 Å². The molecule has 8 nitrogen and oxygen atoms in total. The molecule has 0 radical (unpaired) electrons. The molecule has 1 heterocycles. The molecule has 34 heavy (non-hydrogen) atoms. The van der Waals surface area contributed by atoms with Crippen molar-refractivity contribution in [1.29, 1.82) is 0 Å². The maximum atomic E-state index is 12.7. The van der Waals surface area contributed by atoms with E-state index in [1.165, 1.54) is 6.07 Å². The molecule has 0 atom stereocenters. The molecule has 0 saturated heterocycles. The molecule has 0 saturated carbocycles. The van der Waals surface area contributed by atoms with Crippen LogP contribution in [0.25, 0.3) is 0 Å². The summed E-state index contributed by atoms with van der Waals surface area (Å²) in [4.78, 5) is 37.5. The van der Waals surface area contributed by atoms with Gasteiger partial charge >= 0.3 is 5.91 Å². The van der Waals surface area contributed by atoms with Crippen molar-refractivity contribution in [1.82, 2.24) is 16.3 Å². The van der Waals surface area contributed by atoms with Crippen molar-refractivity contribution in [2.45, 2.75) is 33.1 Å². The number of furan rings is 1. The molecule has 174 valence electrons. The molecule has 2 aromatic carbocycles. The second-order valence-corrected chi connectivity index (χ2v) is 8.43. The van der Waals surface area contributed by atoms with Crippen LogP contribution < -0.4 is 16.3 Å². The van der Waals surface area contributed by atoms with Crippen molar-refractivity contribution in [3.63, 3.8) is 0 Å². The lowest BCUT2D eigenvalue weighted by molar-refractivity contribution is 0.0829. The topological polar surface area (TPSA) is 113 Å². The number of hydrazone groups is 1. The SMILES string of the molecule is Cc1cccc(C(=O)N/N=C2\CCCc3oc(C(=O)NNC(=O)c4cccc(Cl)c4)c(C)c32)c1. The molecule has 0 unspecified atom stereocenters. The van der Waals surface area contributed by atoms with Gasteiger partial charge in [0, 0.05) is 33.7 Å². The molecule has 0 aliphatic heterocycles. The molecule has 4 rings (SSSR count). The Bertz CT molecular complexity index is 1310. The largest absolute Gasteiger partial charge is 0.455 e. The highest BCUT2D eigenvalue weighted by atomic mass is 35.5. The molecular formula is C25H23ClN4O4. The van der Waals surface area contributed by atoms with Crippen LogP contribution in [0.1, 0.15) is 66.6 Å². The second kappa shape index (κ2) is 9.93. The van der Waals surface area contributed by atoms with Crippen LogP contribution in [0, 0.1) is 13.8 Å². The minimum Gasteiger partial charge on any atom is -0.455 e. The van der Waals surface area contributed by atoms with Gasteiger partial charge in [0.05, 0.1) is 5.71 Å². The molecule has 3 N–H and O–H groups in total. The molecule has 1 aliphatic carbocycles. The number of nitrogens with zero attached hydrogens (tertiary/aromatic N) is 1. The summed E-state index contributed by atoms with van der Waals surface area (Å²) in [7, 11) is 0. The molecule has 0 spiro atoms. The van der Waals surface area contributed by atoms with Crippen molar-refractivity contribution >= 4 is 35.0 Å². The van der Waals surface area contributed by atoms with Gasteiger partial charge in [-0.2, -0.15) is 5.10 Å². The zero-order valence-electron chi connectivity index (χ0n) is 18.7. The average Bonchev–Trinajstić information content (AvgIpc) is 3.18. The molecule has 0 bridgehead atoms. The Kier molecular flexibility index (Phi) is 6.79. The van der Waals surface area contributed by atoms with E-state index in [0.717, 1.165) is 12.0 Å². The van der Waals surface area contributed by atoms with E-state index >= 15 is 0 Å².